The summed E-state index contributed by atoms with van der Waals surface area (Å²) in [5.41, 5.74) is 3.09. The second-order valence-electron chi connectivity index (χ2n) is 7.28. The summed E-state index contributed by atoms with van der Waals surface area (Å²) in [5, 5.41) is 1.03. The highest BCUT2D eigenvalue weighted by Gasteiger charge is 2.18. The predicted octanol–water partition coefficient (Wildman–Crippen LogP) is 4.62. The molecule has 0 saturated carbocycles. The van der Waals surface area contributed by atoms with E-state index in [-0.39, 0.29) is 23.6 Å². The number of ketones is 1. The summed E-state index contributed by atoms with van der Waals surface area (Å²) in [6.07, 6.45) is 3.39. The van der Waals surface area contributed by atoms with Gasteiger partial charge in [-0.25, -0.2) is 4.98 Å². The number of rotatable bonds is 8. The second kappa shape index (κ2) is 8.81. The van der Waals surface area contributed by atoms with Crippen LogP contribution < -0.4 is 5.56 Å². The number of fused-ring (bicyclic) bond motifs is 1. The van der Waals surface area contributed by atoms with Gasteiger partial charge in [-0.3, -0.25) is 14.2 Å². The lowest BCUT2D eigenvalue weighted by atomic mass is 10.2. The lowest BCUT2D eigenvalue weighted by Gasteiger charge is -2.12. The monoisotopic (exact) mass is 433 g/mol. The van der Waals surface area contributed by atoms with Gasteiger partial charge >= 0.3 is 0 Å². The molecule has 0 N–H and O–H groups in total. The molecule has 0 saturated heterocycles. The summed E-state index contributed by atoms with van der Waals surface area (Å²) in [7, 11) is 0. The Bertz CT molecular complexity index is 1320. The number of thioether (sulfide) groups is 1. The van der Waals surface area contributed by atoms with E-state index in [1.54, 1.807) is 23.0 Å². The highest BCUT2D eigenvalue weighted by molar-refractivity contribution is 7.99. The summed E-state index contributed by atoms with van der Waals surface area (Å²) in [5.74, 6) is 0.835. The molecule has 0 unspecified atom stereocenters. The molecule has 3 heterocycles. The molecule has 0 fully saturated rings. The van der Waals surface area contributed by atoms with Gasteiger partial charge in [-0.1, -0.05) is 30.0 Å². The fraction of sp³-hybridized carbons (Fsp3) is 0.208. The molecule has 0 atom stereocenters. The van der Waals surface area contributed by atoms with Crippen LogP contribution in [0.25, 0.3) is 10.9 Å². The van der Waals surface area contributed by atoms with Crippen LogP contribution in [0.15, 0.2) is 75.8 Å². The number of aromatic nitrogens is 3. The summed E-state index contributed by atoms with van der Waals surface area (Å²) in [6.45, 7) is 8.62. The number of carbonyl (C=O) groups is 1. The Hall–Kier alpha value is -3.32. The molecule has 158 valence electrons. The minimum Gasteiger partial charge on any atom is -0.467 e. The van der Waals surface area contributed by atoms with Gasteiger partial charge in [-0.15, -0.1) is 6.58 Å². The molecule has 0 radical (unpaired) electrons. The first-order chi connectivity index (χ1) is 15.0. The lowest BCUT2D eigenvalue weighted by Crippen LogP contribution is -2.24. The van der Waals surface area contributed by atoms with E-state index in [2.05, 4.69) is 16.1 Å². The molecule has 31 heavy (non-hydrogen) atoms. The molecule has 0 spiro atoms. The summed E-state index contributed by atoms with van der Waals surface area (Å²) >= 11 is 1.27. The van der Waals surface area contributed by atoms with Crippen molar-refractivity contribution in [3.05, 3.63) is 94.4 Å². The van der Waals surface area contributed by atoms with E-state index in [0.29, 0.717) is 33.9 Å². The SMILES string of the molecule is C=CCn1c(C)cc(C(=O)CSc2nc3ccccc3c(=O)n2Cc2ccco2)c1C. The quantitative estimate of drug-likeness (QED) is 0.176. The van der Waals surface area contributed by atoms with Gasteiger partial charge in [0.25, 0.3) is 5.56 Å². The standard InChI is InChI=1S/C24H23N3O3S/c1-4-11-26-16(2)13-20(17(26)3)22(28)15-31-24-25-21-10-6-5-9-19(21)23(29)27(24)14-18-8-7-12-30-18/h4-10,12-13H,1,11,14-15H2,2-3H3. The highest BCUT2D eigenvalue weighted by Crippen LogP contribution is 2.23. The number of Topliss-reactive ketones (excluding diaryl/α,β-unsaturated/α-hetero) is 1. The van der Waals surface area contributed by atoms with Crippen LogP contribution in [0.4, 0.5) is 0 Å². The maximum atomic E-state index is 13.1. The van der Waals surface area contributed by atoms with Crippen molar-refractivity contribution in [1.82, 2.24) is 14.1 Å². The molecule has 0 amide bonds. The maximum absolute atomic E-state index is 13.1. The van der Waals surface area contributed by atoms with Crippen LogP contribution in [0.3, 0.4) is 0 Å². The first-order valence-electron chi connectivity index (χ1n) is 9.95. The number of aryl methyl sites for hydroxylation is 1. The van der Waals surface area contributed by atoms with E-state index in [4.69, 9.17) is 4.42 Å². The first kappa shape index (κ1) is 20.9. The Labute approximate surface area is 184 Å². The Morgan fingerprint density at radius 1 is 1.19 bits per heavy atom. The Morgan fingerprint density at radius 3 is 2.74 bits per heavy atom. The molecule has 1 aromatic carbocycles. The number of para-hydroxylation sites is 1. The van der Waals surface area contributed by atoms with Gasteiger partial charge in [0, 0.05) is 23.5 Å². The molecular formula is C24H23N3O3S. The number of hydrogen-bond donors (Lipinski definition) is 0. The van der Waals surface area contributed by atoms with Crippen LogP contribution in [0.2, 0.25) is 0 Å². The summed E-state index contributed by atoms with van der Waals surface area (Å²) in [4.78, 5) is 30.8. The van der Waals surface area contributed by atoms with Crippen LogP contribution in [-0.2, 0) is 13.1 Å². The van der Waals surface area contributed by atoms with E-state index >= 15 is 0 Å². The molecule has 0 aliphatic rings. The van der Waals surface area contributed by atoms with Gasteiger partial charge in [0.2, 0.25) is 0 Å². The molecule has 0 bridgehead atoms. The minimum absolute atomic E-state index is 0.000341. The van der Waals surface area contributed by atoms with Gasteiger partial charge in [0.1, 0.15) is 5.76 Å². The zero-order chi connectivity index (χ0) is 22.0. The molecule has 0 aliphatic carbocycles. The third-order valence-corrected chi connectivity index (χ3v) is 6.22. The van der Waals surface area contributed by atoms with Crippen LogP contribution >= 0.6 is 11.8 Å². The third-order valence-electron chi connectivity index (χ3n) is 5.24. The van der Waals surface area contributed by atoms with Crippen LogP contribution in [0, 0.1) is 13.8 Å². The van der Waals surface area contributed by atoms with Crippen LogP contribution in [-0.4, -0.2) is 25.7 Å². The third kappa shape index (κ3) is 4.14. The zero-order valence-electron chi connectivity index (χ0n) is 17.5. The van der Waals surface area contributed by atoms with Crippen molar-refractivity contribution in [2.75, 3.05) is 5.75 Å². The smallest absolute Gasteiger partial charge is 0.262 e. The van der Waals surface area contributed by atoms with Crippen molar-refractivity contribution in [3.63, 3.8) is 0 Å². The Kier molecular flexibility index (Phi) is 5.95. The van der Waals surface area contributed by atoms with Gasteiger partial charge in [0.15, 0.2) is 10.9 Å². The Morgan fingerprint density at radius 2 is 2.00 bits per heavy atom. The molecule has 0 aliphatic heterocycles. The van der Waals surface area contributed by atoms with Gasteiger partial charge in [-0.05, 0) is 44.2 Å². The number of allylic oxidation sites excluding steroid dienone is 1. The van der Waals surface area contributed by atoms with E-state index in [1.807, 2.05) is 50.3 Å². The van der Waals surface area contributed by atoms with Crippen molar-refractivity contribution >= 4 is 28.4 Å². The largest absolute Gasteiger partial charge is 0.467 e. The normalized spacial score (nSPS) is 11.2. The first-order valence-corrected chi connectivity index (χ1v) is 10.9. The van der Waals surface area contributed by atoms with Crippen LogP contribution in [0.1, 0.15) is 27.5 Å². The number of benzene rings is 1. The fourth-order valence-electron chi connectivity index (χ4n) is 3.66. The molecular weight excluding hydrogens is 410 g/mol. The van der Waals surface area contributed by atoms with E-state index in [1.165, 1.54) is 11.8 Å². The maximum Gasteiger partial charge on any atom is 0.262 e. The number of hydrogen-bond acceptors (Lipinski definition) is 5. The molecule has 7 heteroatoms. The van der Waals surface area contributed by atoms with Gasteiger partial charge in [-0.2, -0.15) is 0 Å². The average molecular weight is 434 g/mol. The van der Waals surface area contributed by atoms with Crippen molar-refractivity contribution < 1.29 is 9.21 Å². The molecule has 6 nitrogen and oxygen atoms in total. The van der Waals surface area contributed by atoms with Gasteiger partial charge in [0.05, 0.1) is 29.5 Å². The van der Waals surface area contributed by atoms with Crippen molar-refractivity contribution in [3.8, 4) is 0 Å². The number of furan rings is 1. The highest BCUT2D eigenvalue weighted by atomic mass is 32.2. The van der Waals surface area contributed by atoms with Gasteiger partial charge < -0.3 is 8.98 Å². The van der Waals surface area contributed by atoms with E-state index < -0.39 is 0 Å². The number of nitrogens with zero attached hydrogens (tertiary/aromatic N) is 3. The van der Waals surface area contributed by atoms with Crippen molar-refractivity contribution in [2.24, 2.45) is 0 Å². The van der Waals surface area contributed by atoms with Crippen molar-refractivity contribution in [2.45, 2.75) is 32.1 Å². The second-order valence-corrected chi connectivity index (χ2v) is 8.22. The fourth-order valence-corrected chi connectivity index (χ4v) is 4.54. The summed E-state index contributed by atoms with van der Waals surface area (Å²) < 4.78 is 9.07. The van der Waals surface area contributed by atoms with Crippen LogP contribution in [0.5, 0.6) is 0 Å². The Balaban J connectivity index is 1.66. The predicted molar refractivity (Wildman–Crippen MR) is 123 cm³/mol. The topological polar surface area (TPSA) is 70.0 Å². The minimum atomic E-state index is -0.152. The van der Waals surface area contributed by atoms with E-state index in [0.717, 1.165) is 11.4 Å². The lowest BCUT2D eigenvalue weighted by molar-refractivity contribution is 0.102. The zero-order valence-corrected chi connectivity index (χ0v) is 18.3. The van der Waals surface area contributed by atoms with Crippen molar-refractivity contribution in [1.29, 1.82) is 0 Å². The molecule has 4 aromatic rings. The number of carbonyl (C=O) groups excluding carboxylic acids is 1. The molecule has 3 aromatic heterocycles. The van der Waals surface area contributed by atoms with E-state index in [9.17, 15) is 9.59 Å². The summed E-state index contributed by atoms with van der Waals surface area (Å²) in [6, 6.07) is 12.7. The average Bonchev–Trinajstić information content (AvgIpc) is 3.38. The molecule has 4 rings (SSSR count).